The minimum atomic E-state index is 0.0789. The molecule has 25 heavy (non-hydrogen) atoms. The van der Waals surface area contributed by atoms with Gasteiger partial charge in [-0.1, -0.05) is 37.3 Å². The number of aliphatic hydroxyl groups excluding tert-OH is 1. The average Bonchev–Trinajstić information content (AvgIpc) is 2.69. The second kappa shape index (κ2) is 8.35. The minimum Gasteiger partial charge on any atom is -0.392 e. The van der Waals surface area contributed by atoms with Gasteiger partial charge in [0.25, 0.3) is 0 Å². The van der Waals surface area contributed by atoms with Crippen LogP contribution >= 0.6 is 0 Å². The summed E-state index contributed by atoms with van der Waals surface area (Å²) in [4.78, 5) is 13.5. The number of nitrogens with one attached hydrogen (secondary N) is 1. The van der Waals surface area contributed by atoms with Crippen LogP contribution in [0.4, 0.5) is 5.82 Å². The van der Waals surface area contributed by atoms with Crippen LogP contribution in [0.3, 0.4) is 0 Å². The van der Waals surface area contributed by atoms with E-state index in [-0.39, 0.29) is 6.61 Å². The Morgan fingerprint density at radius 1 is 1.00 bits per heavy atom. The monoisotopic (exact) mass is 334 g/mol. The number of anilines is 1. The molecule has 2 N–H and O–H groups in total. The van der Waals surface area contributed by atoms with Gasteiger partial charge in [0.2, 0.25) is 0 Å². The summed E-state index contributed by atoms with van der Waals surface area (Å²) in [6.45, 7) is 2.94. The van der Waals surface area contributed by atoms with E-state index >= 15 is 0 Å². The highest BCUT2D eigenvalue weighted by Crippen LogP contribution is 2.16. The molecule has 0 aliphatic rings. The first-order valence-electron chi connectivity index (χ1n) is 8.50. The molecule has 5 heteroatoms. The molecule has 0 spiro atoms. The van der Waals surface area contributed by atoms with Crippen molar-refractivity contribution in [1.82, 2.24) is 15.0 Å². The number of hydrogen-bond acceptors (Lipinski definition) is 5. The van der Waals surface area contributed by atoms with Gasteiger partial charge in [-0.05, 0) is 36.1 Å². The number of benzene rings is 1. The number of aromatic nitrogens is 3. The zero-order valence-corrected chi connectivity index (χ0v) is 14.3. The first-order chi connectivity index (χ1) is 12.3. The predicted molar refractivity (Wildman–Crippen MR) is 99.2 cm³/mol. The summed E-state index contributed by atoms with van der Waals surface area (Å²) in [7, 11) is 0. The van der Waals surface area contributed by atoms with E-state index < -0.39 is 0 Å². The van der Waals surface area contributed by atoms with Crippen LogP contribution in [-0.2, 0) is 19.4 Å². The predicted octanol–water partition coefficient (Wildman–Crippen LogP) is 3.25. The second-order valence-electron chi connectivity index (χ2n) is 5.79. The summed E-state index contributed by atoms with van der Waals surface area (Å²) in [5, 5.41) is 12.5. The summed E-state index contributed by atoms with van der Waals surface area (Å²) >= 11 is 0. The number of nitrogens with zero attached hydrogens (tertiary/aromatic N) is 3. The highest BCUT2D eigenvalue weighted by Gasteiger charge is 2.07. The van der Waals surface area contributed by atoms with Crippen LogP contribution in [0.15, 0.2) is 54.7 Å². The Labute approximate surface area is 147 Å². The van der Waals surface area contributed by atoms with Crippen molar-refractivity contribution in [3.63, 3.8) is 0 Å². The van der Waals surface area contributed by atoms with Crippen LogP contribution < -0.4 is 5.32 Å². The molecule has 0 unspecified atom stereocenters. The van der Waals surface area contributed by atoms with Gasteiger partial charge in [0.15, 0.2) is 5.82 Å². The summed E-state index contributed by atoms with van der Waals surface area (Å²) < 4.78 is 0. The Bertz CT molecular complexity index is 804. The van der Waals surface area contributed by atoms with Crippen molar-refractivity contribution < 1.29 is 5.11 Å². The van der Waals surface area contributed by atoms with Crippen LogP contribution in [-0.4, -0.2) is 26.6 Å². The maximum atomic E-state index is 9.09. The molecular weight excluding hydrogens is 312 g/mol. The first-order valence-corrected chi connectivity index (χ1v) is 8.50. The van der Waals surface area contributed by atoms with Crippen LogP contribution in [0.2, 0.25) is 0 Å². The van der Waals surface area contributed by atoms with Crippen molar-refractivity contribution in [2.75, 3.05) is 11.9 Å². The number of rotatable bonds is 7. The standard InChI is InChI=1S/C20H22N4O/c1-2-17-13-19(24-20(23-17)18-5-3-4-11-21-18)22-12-10-15-6-8-16(14-25)9-7-15/h3-9,11,13,25H,2,10,12,14H2,1H3,(H,22,23,24). The number of hydrogen-bond donors (Lipinski definition) is 2. The molecular formula is C20H22N4O. The lowest BCUT2D eigenvalue weighted by molar-refractivity contribution is 0.282. The van der Waals surface area contributed by atoms with Gasteiger partial charge in [-0.25, -0.2) is 9.97 Å². The third kappa shape index (κ3) is 4.61. The third-order valence-electron chi connectivity index (χ3n) is 3.96. The minimum absolute atomic E-state index is 0.0789. The van der Waals surface area contributed by atoms with Gasteiger partial charge in [-0.2, -0.15) is 0 Å². The molecule has 128 valence electrons. The Hall–Kier alpha value is -2.79. The fourth-order valence-electron chi connectivity index (χ4n) is 2.52. The summed E-state index contributed by atoms with van der Waals surface area (Å²) in [6.07, 6.45) is 3.48. The van der Waals surface area contributed by atoms with E-state index in [0.717, 1.165) is 42.2 Å². The molecule has 5 nitrogen and oxygen atoms in total. The van der Waals surface area contributed by atoms with Crippen LogP contribution in [0.25, 0.3) is 11.5 Å². The molecule has 0 fully saturated rings. The smallest absolute Gasteiger partial charge is 0.180 e. The lowest BCUT2D eigenvalue weighted by Gasteiger charge is -2.09. The van der Waals surface area contributed by atoms with Gasteiger partial charge in [0, 0.05) is 24.5 Å². The van der Waals surface area contributed by atoms with Crippen molar-refractivity contribution in [2.45, 2.75) is 26.4 Å². The molecule has 0 aliphatic carbocycles. The van der Waals surface area contributed by atoms with Gasteiger partial charge < -0.3 is 10.4 Å². The van der Waals surface area contributed by atoms with E-state index in [1.807, 2.05) is 48.5 Å². The van der Waals surface area contributed by atoms with Crippen molar-refractivity contribution >= 4 is 5.82 Å². The molecule has 0 radical (unpaired) electrons. The summed E-state index contributed by atoms with van der Waals surface area (Å²) in [5.74, 6) is 1.47. The van der Waals surface area contributed by atoms with E-state index in [1.54, 1.807) is 6.20 Å². The lowest BCUT2D eigenvalue weighted by Crippen LogP contribution is -2.08. The van der Waals surface area contributed by atoms with Gasteiger partial charge in [-0.15, -0.1) is 0 Å². The molecule has 3 aromatic rings. The van der Waals surface area contributed by atoms with E-state index in [9.17, 15) is 0 Å². The first kappa shape index (κ1) is 17.0. The topological polar surface area (TPSA) is 70.9 Å². The third-order valence-corrected chi connectivity index (χ3v) is 3.96. The molecule has 2 heterocycles. The molecule has 0 amide bonds. The molecule has 2 aromatic heterocycles. The molecule has 0 aliphatic heterocycles. The molecule has 0 bridgehead atoms. The molecule has 0 saturated heterocycles. The maximum Gasteiger partial charge on any atom is 0.180 e. The second-order valence-corrected chi connectivity index (χ2v) is 5.79. The highest BCUT2D eigenvalue weighted by molar-refractivity contribution is 5.52. The summed E-state index contributed by atoms with van der Waals surface area (Å²) in [6, 6.07) is 15.7. The Kier molecular flexibility index (Phi) is 5.69. The number of aryl methyl sites for hydroxylation is 1. The van der Waals surface area contributed by atoms with Crippen molar-refractivity contribution in [3.05, 3.63) is 71.5 Å². The Morgan fingerprint density at radius 3 is 2.48 bits per heavy atom. The fourth-order valence-corrected chi connectivity index (χ4v) is 2.52. The molecule has 3 rings (SSSR count). The van der Waals surface area contributed by atoms with Gasteiger partial charge in [0.1, 0.15) is 11.5 Å². The van der Waals surface area contributed by atoms with Crippen molar-refractivity contribution in [3.8, 4) is 11.5 Å². The zero-order chi connectivity index (χ0) is 17.5. The van der Waals surface area contributed by atoms with Gasteiger partial charge in [-0.3, -0.25) is 4.98 Å². The van der Waals surface area contributed by atoms with E-state index in [0.29, 0.717) is 5.82 Å². The van der Waals surface area contributed by atoms with Crippen molar-refractivity contribution in [1.29, 1.82) is 0 Å². The molecule has 0 atom stereocenters. The maximum absolute atomic E-state index is 9.09. The van der Waals surface area contributed by atoms with E-state index in [4.69, 9.17) is 5.11 Å². The highest BCUT2D eigenvalue weighted by atomic mass is 16.3. The average molecular weight is 334 g/mol. The van der Waals surface area contributed by atoms with E-state index in [1.165, 1.54) is 5.56 Å². The van der Waals surface area contributed by atoms with Gasteiger partial charge >= 0.3 is 0 Å². The SMILES string of the molecule is CCc1cc(NCCc2ccc(CO)cc2)nc(-c2ccccn2)n1. The normalized spacial score (nSPS) is 10.6. The van der Waals surface area contributed by atoms with Crippen LogP contribution in [0.1, 0.15) is 23.7 Å². The number of pyridine rings is 1. The van der Waals surface area contributed by atoms with Gasteiger partial charge in [0.05, 0.1) is 6.61 Å². The van der Waals surface area contributed by atoms with E-state index in [2.05, 4.69) is 27.2 Å². The lowest BCUT2D eigenvalue weighted by atomic mass is 10.1. The van der Waals surface area contributed by atoms with Crippen molar-refractivity contribution in [2.24, 2.45) is 0 Å². The number of aliphatic hydroxyl groups is 1. The van der Waals surface area contributed by atoms with Crippen LogP contribution in [0, 0.1) is 0 Å². The quantitative estimate of drug-likeness (QED) is 0.694. The fraction of sp³-hybridized carbons (Fsp3) is 0.250. The zero-order valence-electron chi connectivity index (χ0n) is 14.3. The molecule has 0 saturated carbocycles. The largest absolute Gasteiger partial charge is 0.392 e. The molecule has 1 aromatic carbocycles. The summed E-state index contributed by atoms with van der Waals surface area (Å²) in [5.41, 5.74) is 3.92. The Morgan fingerprint density at radius 2 is 1.80 bits per heavy atom. The Balaban J connectivity index is 1.69. The van der Waals surface area contributed by atoms with Crippen LogP contribution in [0.5, 0.6) is 0 Å².